The number of carboxylic acids is 1. The van der Waals surface area contributed by atoms with Gasteiger partial charge in [-0.15, -0.1) is 0 Å². The van der Waals surface area contributed by atoms with Gasteiger partial charge >= 0.3 is 12.0 Å². The molecule has 1 aromatic rings. The SMILES string of the molecule is CC(C)C[C@H](NC(=O)c1cccc(CN2C(=O)CNC2=O)c1)C(=O)O. The third-order valence-corrected chi connectivity index (χ3v) is 3.78. The van der Waals surface area contributed by atoms with Gasteiger partial charge in [-0.25, -0.2) is 9.59 Å². The zero-order valence-electron chi connectivity index (χ0n) is 14.1. The van der Waals surface area contributed by atoms with Crippen LogP contribution in [-0.2, 0) is 16.1 Å². The standard InChI is InChI=1S/C17H21N3O5/c1-10(2)6-13(16(23)24)19-15(22)12-5-3-4-11(7-12)9-20-14(21)8-18-17(20)25/h3-5,7,10,13H,6,8-9H2,1-2H3,(H,18,25)(H,19,22)(H,23,24)/t13-/m0/s1. The van der Waals surface area contributed by atoms with Gasteiger partial charge < -0.3 is 15.7 Å². The number of nitrogens with zero attached hydrogens (tertiary/aromatic N) is 1. The smallest absolute Gasteiger partial charge is 0.326 e. The number of urea groups is 1. The highest BCUT2D eigenvalue weighted by Crippen LogP contribution is 2.12. The van der Waals surface area contributed by atoms with Crippen LogP contribution < -0.4 is 10.6 Å². The first-order valence-corrected chi connectivity index (χ1v) is 7.98. The molecule has 1 aliphatic rings. The minimum Gasteiger partial charge on any atom is -0.480 e. The summed E-state index contributed by atoms with van der Waals surface area (Å²) in [7, 11) is 0. The van der Waals surface area contributed by atoms with Crippen molar-refractivity contribution in [3.05, 3.63) is 35.4 Å². The second-order valence-corrected chi connectivity index (χ2v) is 6.33. The molecule has 8 heteroatoms. The summed E-state index contributed by atoms with van der Waals surface area (Å²) in [5.41, 5.74) is 0.883. The molecule has 25 heavy (non-hydrogen) atoms. The zero-order chi connectivity index (χ0) is 18.6. The van der Waals surface area contributed by atoms with Crippen LogP contribution in [0.15, 0.2) is 24.3 Å². The molecule has 3 N–H and O–H groups in total. The molecule has 1 fully saturated rings. The summed E-state index contributed by atoms with van der Waals surface area (Å²) in [6, 6.07) is 4.98. The van der Waals surface area contributed by atoms with Crippen LogP contribution in [0.1, 0.15) is 36.2 Å². The van der Waals surface area contributed by atoms with Gasteiger partial charge in [0, 0.05) is 5.56 Å². The van der Waals surface area contributed by atoms with Gasteiger partial charge in [0.15, 0.2) is 0 Å². The molecule has 1 atom stereocenters. The Morgan fingerprint density at radius 3 is 2.60 bits per heavy atom. The van der Waals surface area contributed by atoms with E-state index in [1.807, 2.05) is 13.8 Å². The van der Waals surface area contributed by atoms with Gasteiger partial charge in [0.2, 0.25) is 5.91 Å². The number of hydrogen-bond acceptors (Lipinski definition) is 4. The minimum absolute atomic E-state index is 0.0332. The van der Waals surface area contributed by atoms with Gasteiger partial charge in [0.05, 0.1) is 13.1 Å². The molecule has 2 rings (SSSR count). The fourth-order valence-electron chi connectivity index (χ4n) is 2.54. The molecule has 1 aromatic carbocycles. The van der Waals surface area contributed by atoms with E-state index in [0.29, 0.717) is 12.0 Å². The highest BCUT2D eigenvalue weighted by Gasteiger charge is 2.28. The summed E-state index contributed by atoms with van der Waals surface area (Å²) >= 11 is 0. The molecule has 4 amide bonds. The molecule has 0 spiro atoms. The molecule has 1 saturated heterocycles. The van der Waals surface area contributed by atoms with Crippen molar-refractivity contribution in [3.63, 3.8) is 0 Å². The quantitative estimate of drug-likeness (QED) is 0.636. The number of rotatable bonds is 7. The molecule has 0 aromatic heterocycles. The lowest BCUT2D eigenvalue weighted by Gasteiger charge is -2.17. The van der Waals surface area contributed by atoms with Crippen LogP contribution in [0.4, 0.5) is 4.79 Å². The Bertz CT molecular complexity index is 685. The van der Waals surface area contributed by atoms with Crippen molar-refractivity contribution in [1.29, 1.82) is 0 Å². The first-order valence-electron chi connectivity index (χ1n) is 7.98. The molecule has 134 valence electrons. The highest BCUT2D eigenvalue weighted by molar-refractivity contribution is 6.02. The third-order valence-electron chi connectivity index (χ3n) is 3.78. The first-order chi connectivity index (χ1) is 11.8. The van der Waals surface area contributed by atoms with Gasteiger partial charge in [0.1, 0.15) is 6.04 Å². The molecule has 0 unspecified atom stereocenters. The van der Waals surface area contributed by atoms with Crippen LogP contribution in [0.5, 0.6) is 0 Å². The maximum absolute atomic E-state index is 12.3. The Morgan fingerprint density at radius 1 is 1.32 bits per heavy atom. The van der Waals surface area contributed by atoms with Gasteiger partial charge in [-0.1, -0.05) is 26.0 Å². The number of hydrogen-bond donors (Lipinski definition) is 3. The molecule has 8 nitrogen and oxygen atoms in total. The first kappa shape index (κ1) is 18.4. The van der Waals surface area contributed by atoms with Gasteiger partial charge in [-0.2, -0.15) is 0 Å². The lowest BCUT2D eigenvalue weighted by molar-refractivity contribution is -0.139. The molecule has 0 bridgehead atoms. The van der Waals surface area contributed by atoms with E-state index in [0.717, 1.165) is 4.90 Å². The van der Waals surface area contributed by atoms with Crippen LogP contribution in [0.2, 0.25) is 0 Å². The second-order valence-electron chi connectivity index (χ2n) is 6.33. The van der Waals surface area contributed by atoms with Gasteiger partial charge in [0.25, 0.3) is 5.91 Å². The van der Waals surface area contributed by atoms with Crippen molar-refractivity contribution in [2.45, 2.75) is 32.9 Å². The van der Waals surface area contributed by atoms with Crippen LogP contribution in [0, 0.1) is 5.92 Å². The number of nitrogens with one attached hydrogen (secondary N) is 2. The highest BCUT2D eigenvalue weighted by atomic mass is 16.4. The van der Waals surface area contributed by atoms with E-state index in [1.165, 1.54) is 0 Å². The van der Waals surface area contributed by atoms with E-state index in [9.17, 15) is 24.3 Å². The maximum Gasteiger partial charge on any atom is 0.326 e. The van der Waals surface area contributed by atoms with Crippen molar-refractivity contribution in [2.24, 2.45) is 5.92 Å². The summed E-state index contributed by atoms with van der Waals surface area (Å²) < 4.78 is 0. The van der Waals surface area contributed by atoms with E-state index in [-0.39, 0.29) is 30.5 Å². The maximum atomic E-state index is 12.3. The Morgan fingerprint density at radius 2 is 2.04 bits per heavy atom. The topological polar surface area (TPSA) is 116 Å². The largest absolute Gasteiger partial charge is 0.480 e. The molecule has 0 aliphatic carbocycles. The van der Waals surface area contributed by atoms with Crippen molar-refractivity contribution in [2.75, 3.05) is 6.54 Å². The monoisotopic (exact) mass is 347 g/mol. The average Bonchev–Trinajstić information content (AvgIpc) is 2.86. The fraction of sp³-hybridized carbons (Fsp3) is 0.412. The predicted octanol–water partition coefficient (Wildman–Crippen LogP) is 0.967. The number of benzene rings is 1. The van der Waals surface area contributed by atoms with Crippen LogP contribution in [0.25, 0.3) is 0 Å². The van der Waals surface area contributed by atoms with Crippen molar-refractivity contribution in [3.8, 4) is 0 Å². The number of aliphatic carboxylic acids is 1. The van der Waals surface area contributed by atoms with Gasteiger partial charge in [-0.3, -0.25) is 14.5 Å². The second kappa shape index (κ2) is 7.78. The Labute approximate surface area is 145 Å². The molecule has 1 heterocycles. The van der Waals surface area contributed by atoms with E-state index in [4.69, 9.17) is 0 Å². The van der Waals surface area contributed by atoms with Crippen molar-refractivity contribution >= 4 is 23.8 Å². The molecule has 1 aliphatic heterocycles. The van der Waals surface area contributed by atoms with E-state index < -0.39 is 23.9 Å². The molecule has 0 saturated carbocycles. The summed E-state index contributed by atoms with van der Waals surface area (Å²) in [6.45, 7) is 3.77. The Balaban J connectivity index is 2.09. The van der Waals surface area contributed by atoms with Crippen molar-refractivity contribution < 1.29 is 24.3 Å². The lowest BCUT2D eigenvalue weighted by Crippen LogP contribution is -2.41. The number of imide groups is 1. The van der Waals surface area contributed by atoms with E-state index >= 15 is 0 Å². The average molecular weight is 347 g/mol. The van der Waals surface area contributed by atoms with E-state index in [2.05, 4.69) is 10.6 Å². The summed E-state index contributed by atoms with van der Waals surface area (Å²) in [6.07, 6.45) is 0.323. The van der Waals surface area contributed by atoms with Crippen LogP contribution >= 0.6 is 0 Å². The van der Waals surface area contributed by atoms with Crippen molar-refractivity contribution in [1.82, 2.24) is 15.5 Å². The molecular formula is C17H21N3O5. The van der Waals surface area contributed by atoms with Gasteiger partial charge in [-0.05, 0) is 30.0 Å². The number of carbonyl (C=O) groups is 4. The third kappa shape index (κ3) is 4.79. The Kier molecular flexibility index (Phi) is 5.74. The van der Waals surface area contributed by atoms with E-state index in [1.54, 1.807) is 24.3 Å². The Hall–Kier alpha value is -2.90. The number of amides is 4. The lowest BCUT2D eigenvalue weighted by atomic mass is 10.0. The zero-order valence-corrected chi connectivity index (χ0v) is 14.1. The normalized spacial score (nSPS) is 15.2. The minimum atomic E-state index is -1.09. The molecule has 0 radical (unpaired) electrons. The summed E-state index contributed by atoms with van der Waals surface area (Å²) in [5, 5.41) is 14.1. The number of carbonyl (C=O) groups excluding carboxylic acids is 3. The fourth-order valence-corrected chi connectivity index (χ4v) is 2.54. The molecular weight excluding hydrogens is 326 g/mol. The van der Waals surface area contributed by atoms with Crippen LogP contribution in [-0.4, -0.2) is 46.4 Å². The predicted molar refractivity (Wildman–Crippen MR) is 88.7 cm³/mol. The summed E-state index contributed by atoms with van der Waals surface area (Å²) in [5.74, 6) is -1.81. The number of carboxylic acid groups (broad SMARTS) is 1. The van der Waals surface area contributed by atoms with Crippen LogP contribution in [0.3, 0.4) is 0 Å². The summed E-state index contributed by atoms with van der Waals surface area (Å²) in [4.78, 5) is 47.9.